The van der Waals surface area contributed by atoms with Crippen molar-refractivity contribution >= 4 is 17.6 Å². The van der Waals surface area contributed by atoms with E-state index >= 15 is 0 Å². The van der Waals surface area contributed by atoms with Crippen LogP contribution < -0.4 is 5.73 Å². The maximum atomic E-state index is 13.4. The van der Waals surface area contributed by atoms with Crippen LogP contribution in [0.15, 0.2) is 85.2 Å². The minimum absolute atomic E-state index is 0.0567. The molecule has 0 fully saturated rings. The predicted octanol–water partition coefficient (Wildman–Crippen LogP) is 5.54. The summed E-state index contributed by atoms with van der Waals surface area (Å²) >= 11 is 0. The molecule has 4 rings (SSSR count). The Bertz CT molecular complexity index is 1300. The molecular formula is C27H22N2O4. The summed E-state index contributed by atoms with van der Waals surface area (Å²) in [5, 5.41) is 10.2. The van der Waals surface area contributed by atoms with Crippen LogP contribution in [0.1, 0.15) is 27.6 Å². The van der Waals surface area contributed by atoms with Gasteiger partial charge in [0.15, 0.2) is 0 Å². The maximum absolute atomic E-state index is 13.4. The largest absolute Gasteiger partial charge is 0.478 e. The van der Waals surface area contributed by atoms with E-state index in [1.54, 1.807) is 55.7 Å². The highest BCUT2D eigenvalue weighted by Crippen LogP contribution is 2.46. The van der Waals surface area contributed by atoms with Gasteiger partial charge in [0.2, 0.25) is 0 Å². The van der Waals surface area contributed by atoms with Crippen LogP contribution in [0.25, 0.3) is 33.4 Å². The van der Waals surface area contributed by atoms with Gasteiger partial charge < -0.3 is 15.6 Å². The Hall–Kier alpha value is -4.45. The normalized spacial score (nSPS) is 10.6. The average Bonchev–Trinajstić information content (AvgIpc) is 2.84. The number of pyridine rings is 1. The number of carbonyl (C=O) groups excluding carboxylic acids is 1. The van der Waals surface area contributed by atoms with Gasteiger partial charge in [-0.3, -0.25) is 4.98 Å². The summed E-state index contributed by atoms with van der Waals surface area (Å²) in [6, 6.07) is 21.7. The third kappa shape index (κ3) is 4.06. The van der Waals surface area contributed by atoms with E-state index in [2.05, 4.69) is 4.98 Å². The number of carboxylic acid groups (broad SMARTS) is 1. The Labute approximate surface area is 191 Å². The zero-order valence-corrected chi connectivity index (χ0v) is 18.0. The van der Waals surface area contributed by atoms with Gasteiger partial charge in [0.25, 0.3) is 0 Å². The van der Waals surface area contributed by atoms with E-state index in [4.69, 9.17) is 10.5 Å². The van der Waals surface area contributed by atoms with Crippen molar-refractivity contribution in [1.82, 2.24) is 4.98 Å². The zero-order chi connectivity index (χ0) is 23.4. The first-order valence-corrected chi connectivity index (χ1v) is 10.5. The van der Waals surface area contributed by atoms with Crippen LogP contribution in [0.4, 0.5) is 5.69 Å². The first-order valence-electron chi connectivity index (χ1n) is 10.5. The molecule has 0 aliphatic carbocycles. The minimum atomic E-state index is -1.23. The molecule has 6 nitrogen and oxygen atoms in total. The number of nitrogens with zero attached hydrogens (tertiary/aromatic N) is 1. The van der Waals surface area contributed by atoms with Crippen LogP contribution in [0, 0.1) is 0 Å². The van der Waals surface area contributed by atoms with Crippen molar-refractivity contribution in [2.45, 2.75) is 6.92 Å². The molecule has 0 spiro atoms. The van der Waals surface area contributed by atoms with Gasteiger partial charge in [-0.15, -0.1) is 0 Å². The van der Waals surface area contributed by atoms with Crippen molar-refractivity contribution in [1.29, 1.82) is 0 Å². The van der Waals surface area contributed by atoms with Crippen LogP contribution >= 0.6 is 0 Å². The number of esters is 1. The van der Waals surface area contributed by atoms with Gasteiger partial charge in [0.1, 0.15) is 0 Å². The molecule has 0 aliphatic rings. The van der Waals surface area contributed by atoms with Crippen molar-refractivity contribution in [3.63, 3.8) is 0 Å². The van der Waals surface area contributed by atoms with Crippen molar-refractivity contribution < 1.29 is 19.4 Å². The van der Waals surface area contributed by atoms with Crippen LogP contribution in [0.3, 0.4) is 0 Å². The van der Waals surface area contributed by atoms with Crippen LogP contribution in [0.2, 0.25) is 0 Å². The molecule has 33 heavy (non-hydrogen) atoms. The van der Waals surface area contributed by atoms with E-state index in [0.29, 0.717) is 27.8 Å². The molecule has 1 aromatic heterocycles. The summed E-state index contributed by atoms with van der Waals surface area (Å²) < 4.78 is 5.43. The Balaban J connectivity index is 2.27. The highest BCUT2D eigenvalue weighted by molar-refractivity contribution is 6.17. The lowest BCUT2D eigenvalue weighted by Gasteiger charge is -2.23. The van der Waals surface area contributed by atoms with Gasteiger partial charge in [-0.05, 0) is 24.1 Å². The second kappa shape index (κ2) is 9.36. The molecule has 3 aromatic carbocycles. The Morgan fingerprint density at radius 1 is 0.818 bits per heavy atom. The first kappa shape index (κ1) is 21.8. The molecular weight excluding hydrogens is 416 g/mol. The van der Waals surface area contributed by atoms with E-state index in [1.807, 2.05) is 36.4 Å². The second-order valence-corrected chi connectivity index (χ2v) is 7.29. The van der Waals surface area contributed by atoms with E-state index in [-0.39, 0.29) is 29.0 Å². The number of nitrogen functional groups attached to an aromatic ring is 1. The van der Waals surface area contributed by atoms with Crippen molar-refractivity contribution in [2.24, 2.45) is 0 Å². The lowest BCUT2D eigenvalue weighted by molar-refractivity contribution is 0.0528. The molecule has 1 heterocycles. The number of carboxylic acids is 1. The van der Waals surface area contributed by atoms with Gasteiger partial charge in [-0.2, -0.15) is 0 Å². The topological polar surface area (TPSA) is 103 Å². The minimum Gasteiger partial charge on any atom is -0.478 e. The third-order valence-electron chi connectivity index (χ3n) is 5.31. The smallest absolute Gasteiger partial charge is 0.339 e. The first-order chi connectivity index (χ1) is 16.0. The predicted molar refractivity (Wildman–Crippen MR) is 128 cm³/mol. The summed E-state index contributed by atoms with van der Waals surface area (Å²) in [6.07, 6.45) is 3.21. The molecule has 0 atom stereocenters. The SMILES string of the molecule is CCOC(=O)c1c(-c2ccccc2)c(C(=O)O)c(N)c(-c2cccnc2)c1-c1ccccc1. The fraction of sp³-hybridized carbons (Fsp3) is 0.0741. The van der Waals surface area contributed by atoms with E-state index in [1.165, 1.54) is 0 Å². The number of hydrogen-bond donors (Lipinski definition) is 2. The average molecular weight is 438 g/mol. The molecule has 0 saturated carbocycles. The second-order valence-electron chi connectivity index (χ2n) is 7.29. The number of benzene rings is 3. The summed E-state index contributed by atoms with van der Waals surface area (Å²) in [7, 11) is 0. The number of rotatable bonds is 6. The molecule has 4 aromatic rings. The quantitative estimate of drug-likeness (QED) is 0.303. The Morgan fingerprint density at radius 3 is 1.91 bits per heavy atom. The Morgan fingerprint density at radius 2 is 1.39 bits per heavy atom. The number of nitrogens with two attached hydrogens (primary N) is 1. The highest BCUT2D eigenvalue weighted by atomic mass is 16.5. The van der Waals surface area contributed by atoms with Crippen LogP contribution in [-0.4, -0.2) is 28.6 Å². The van der Waals surface area contributed by atoms with E-state index < -0.39 is 11.9 Å². The summed E-state index contributed by atoms with van der Waals surface area (Å²) in [4.78, 5) is 30.1. The highest BCUT2D eigenvalue weighted by Gasteiger charge is 2.32. The number of ether oxygens (including phenoxy) is 1. The summed E-state index contributed by atoms with van der Waals surface area (Å²) in [5.74, 6) is -1.86. The fourth-order valence-corrected chi connectivity index (χ4v) is 4.00. The van der Waals surface area contributed by atoms with Crippen molar-refractivity contribution in [2.75, 3.05) is 12.3 Å². The molecule has 3 N–H and O–H groups in total. The molecule has 0 bridgehead atoms. The molecule has 0 unspecified atom stereocenters. The molecule has 6 heteroatoms. The van der Waals surface area contributed by atoms with Gasteiger partial charge in [0.05, 0.1) is 23.4 Å². The molecule has 0 radical (unpaired) electrons. The van der Waals surface area contributed by atoms with Gasteiger partial charge in [-0.1, -0.05) is 66.7 Å². The molecule has 0 saturated heterocycles. The van der Waals surface area contributed by atoms with E-state index in [9.17, 15) is 14.7 Å². The number of anilines is 1. The molecule has 0 amide bonds. The standard InChI is InChI=1S/C27H22N2O4/c1-2-33-27(32)23-20(17-10-5-3-6-11-17)22(19-14-9-15-29-16-19)25(28)24(26(30)31)21(23)18-12-7-4-8-13-18/h3-16H,2,28H2,1H3,(H,30,31). The number of aromatic carboxylic acids is 1. The van der Waals surface area contributed by atoms with Gasteiger partial charge in [0, 0.05) is 34.6 Å². The summed E-state index contributed by atoms with van der Waals surface area (Å²) in [5.41, 5.74) is 9.65. The van der Waals surface area contributed by atoms with E-state index in [0.717, 1.165) is 0 Å². The maximum Gasteiger partial charge on any atom is 0.339 e. The third-order valence-corrected chi connectivity index (χ3v) is 5.31. The zero-order valence-electron chi connectivity index (χ0n) is 18.0. The number of hydrogen-bond acceptors (Lipinski definition) is 5. The van der Waals surface area contributed by atoms with Crippen LogP contribution in [-0.2, 0) is 4.74 Å². The van der Waals surface area contributed by atoms with Crippen molar-refractivity contribution in [3.05, 3.63) is 96.3 Å². The molecule has 0 aliphatic heterocycles. The lowest BCUT2D eigenvalue weighted by Crippen LogP contribution is -2.16. The van der Waals surface area contributed by atoms with Crippen LogP contribution in [0.5, 0.6) is 0 Å². The Kier molecular flexibility index (Phi) is 6.17. The number of aromatic nitrogens is 1. The molecule has 164 valence electrons. The van der Waals surface area contributed by atoms with Crippen molar-refractivity contribution in [3.8, 4) is 33.4 Å². The lowest BCUT2D eigenvalue weighted by atomic mass is 9.81. The van der Waals surface area contributed by atoms with Gasteiger partial charge >= 0.3 is 11.9 Å². The summed E-state index contributed by atoms with van der Waals surface area (Å²) in [6.45, 7) is 1.84. The monoisotopic (exact) mass is 438 g/mol. The fourth-order valence-electron chi connectivity index (χ4n) is 4.00. The van der Waals surface area contributed by atoms with Gasteiger partial charge in [-0.25, -0.2) is 9.59 Å². The number of carbonyl (C=O) groups is 2.